The van der Waals surface area contributed by atoms with Crippen LogP contribution < -0.4 is 10.9 Å². The van der Waals surface area contributed by atoms with Gasteiger partial charge in [-0.3, -0.25) is 10.2 Å². The number of hydrogen-bond donors (Lipinski definition) is 2. The summed E-state index contributed by atoms with van der Waals surface area (Å²) in [6, 6.07) is 0. The van der Waals surface area contributed by atoms with Crippen LogP contribution in [-0.2, 0) is 4.79 Å². The molecule has 0 spiro atoms. The number of allylic oxidation sites excluding steroid dienone is 1. The van der Waals surface area contributed by atoms with Crippen molar-refractivity contribution in [3.63, 3.8) is 0 Å². The Kier molecular flexibility index (Phi) is 8.24. The summed E-state index contributed by atoms with van der Waals surface area (Å²) in [6.07, 6.45) is 5.85. The molecule has 82 valence electrons. The summed E-state index contributed by atoms with van der Waals surface area (Å²) < 4.78 is 0. The molecule has 14 heavy (non-hydrogen) atoms. The van der Waals surface area contributed by atoms with Gasteiger partial charge in [0.1, 0.15) is 0 Å². The van der Waals surface area contributed by atoms with Crippen molar-refractivity contribution >= 4 is 5.91 Å². The number of rotatable bonds is 8. The smallest absolute Gasteiger partial charge is 0.236 e. The van der Waals surface area contributed by atoms with Crippen LogP contribution >= 0.6 is 0 Å². The third-order valence-electron chi connectivity index (χ3n) is 2.09. The second-order valence-electron chi connectivity index (χ2n) is 3.54. The molecule has 0 aliphatic heterocycles. The highest BCUT2D eigenvalue weighted by Gasteiger charge is 2.09. The third-order valence-corrected chi connectivity index (χ3v) is 2.09. The van der Waals surface area contributed by atoms with Crippen molar-refractivity contribution < 1.29 is 4.79 Å². The topological polar surface area (TPSA) is 41.1 Å². The lowest BCUT2D eigenvalue weighted by Crippen LogP contribution is -2.40. The van der Waals surface area contributed by atoms with E-state index in [4.69, 9.17) is 0 Å². The van der Waals surface area contributed by atoms with Crippen LogP contribution in [0.1, 0.15) is 39.5 Å². The summed E-state index contributed by atoms with van der Waals surface area (Å²) in [6.45, 7) is 8.47. The largest absolute Gasteiger partial charge is 0.291 e. The first-order chi connectivity index (χ1) is 6.72. The molecule has 0 bridgehead atoms. The van der Waals surface area contributed by atoms with E-state index in [0.29, 0.717) is 0 Å². The Bertz CT molecular complexity index is 169. The van der Waals surface area contributed by atoms with Gasteiger partial charge in [0.15, 0.2) is 0 Å². The lowest BCUT2D eigenvalue weighted by molar-refractivity contribution is -0.125. The Labute approximate surface area is 86.9 Å². The van der Waals surface area contributed by atoms with Gasteiger partial charge in [-0.25, -0.2) is 5.43 Å². The average molecular weight is 198 g/mol. The Balaban J connectivity index is 3.38. The van der Waals surface area contributed by atoms with Crippen LogP contribution in [0.15, 0.2) is 12.7 Å². The molecule has 0 radical (unpaired) electrons. The first-order valence-electron chi connectivity index (χ1n) is 5.36. The van der Waals surface area contributed by atoms with Crippen molar-refractivity contribution in [2.75, 3.05) is 6.54 Å². The van der Waals surface area contributed by atoms with Gasteiger partial charge in [0.05, 0.1) is 0 Å². The molecule has 0 aromatic rings. The predicted octanol–water partition coefficient (Wildman–Crippen LogP) is 2.01. The SMILES string of the molecule is C=CCCCNNC(=O)C(C)CCC. The van der Waals surface area contributed by atoms with Crippen LogP contribution in [0.3, 0.4) is 0 Å². The van der Waals surface area contributed by atoms with Crippen LogP contribution in [-0.4, -0.2) is 12.5 Å². The lowest BCUT2D eigenvalue weighted by atomic mass is 10.1. The highest BCUT2D eigenvalue weighted by Crippen LogP contribution is 2.03. The molecule has 0 aliphatic carbocycles. The number of carbonyl (C=O) groups excluding carboxylic acids is 1. The quantitative estimate of drug-likeness (QED) is 0.356. The summed E-state index contributed by atoms with van der Waals surface area (Å²) in [5, 5.41) is 0. The lowest BCUT2D eigenvalue weighted by Gasteiger charge is -2.11. The van der Waals surface area contributed by atoms with E-state index in [-0.39, 0.29) is 11.8 Å². The molecule has 1 unspecified atom stereocenters. The molecular formula is C11H22N2O. The number of carbonyl (C=O) groups is 1. The van der Waals surface area contributed by atoms with Crippen molar-refractivity contribution in [3.8, 4) is 0 Å². The van der Waals surface area contributed by atoms with E-state index in [2.05, 4.69) is 24.4 Å². The van der Waals surface area contributed by atoms with Gasteiger partial charge in [-0.15, -0.1) is 6.58 Å². The molecule has 2 N–H and O–H groups in total. The third kappa shape index (κ3) is 6.66. The zero-order valence-electron chi connectivity index (χ0n) is 9.31. The second kappa shape index (κ2) is 8.75. The van der Waals surface area contributed by atoms with E-state index in [0.717, 1.165) is 32.2 Å². The first-order valence-corrected chi connectivity index (χ1v) is 5.36. The molecule has 3 nitrogen and oxygen atoms in total. The van der Waals surface area contributed by atoms with E-state index in [1.807, 2.05) is 13.0 Å². The molecule has 0 aromatic heterocycles. The molecule has 0 heterocycles. The van der Waals surface area contributed by atoms with Crippen LogP contribution in [0.5, 0.6) is 0 Å². The molecule has 0 aromatic carbocycles. The Morgan fingerprint density at radius 1 is 1.57 bits per heavy atom. The molecular weight excluding hydrogens is 176 g/mol. The number of hydrazine groups is 1. The van der Waals surface area contributed by atoms with Crippen LogP contribution in [0, 0.1) is 5.92 Å². The summed E-state index contributed by atoms with van der Waals surface area (Å²) in [5.41, 5.74) is 5.61. The van der Waals surface area contributed by atoms with E-state index >= 15 is 0 Å². The van der Waals surface area contributed by atoms with E-state index in [1.54, 1.807) is 0 Å². The highest BCUT2D eigenvalue weighted by molar-refractivity contribution is 5.77. The van der Waals surface area contributed by atoms with Gasteiger partial charge in [0.2, 0.25) is 5.91 Å². The molecule has 3 heteroatoms. The van der Waals surface area contributed by atoms with Crippen molar-refractivity contribution in [3.05, 3.63) is 12.7 Å². The minimum atomic E-state index is 0.0884. The maximum Gasteiger partial charge on any atom is 0.236 e. The minimum Gasteiger partial charge on any atom is -0.291 e. The van der Waals surface area contributed by atoms with Gasteiger partial charge in [0.25, 0.3) is 0 Å². The van der Waals surface area contributed by atoms with Gasteiger partial charge >= 0.3 is 0 Å². The predicted molar refractivity (Wildman–Crippen MR) is 59.6 cm³/mol. The zero-order valence-corrected chi connectivity index (χ0v) is 9.31. The summed E-state index contributed by atoms with van der Waals surface area (Å²) in [5.74, 6) is 0.192. The maximum absolute atomic E-state index is 11.4. The van der Waals surface area contributed by atoms with Crippen molar-refractivity contribution in [2.24, 2.45) is 5.92 Å². The number of amides is 1. The van der Waals surface area contributed by atoms with Gasteiger partial charge in [-0.2, -0.15) is 0 Å². The van der Waals surface area contributed by atoms with Crippen molar-refractivity contribution in [2.45, 2.75) is 39.5 Å². The molecule has 1 amide bonds. The Morgan fingerprint density at radius 2 is 2.29 bits per heavy atom. The second-order valence-corrected chi connectivity index (χ2v) is 3.54. The Morgan fingerprint density at radius 3 is 2.86 bits per heavy atom. The molecule has 0 saturated carbocycles. The van der Waals surface area contributed by atoms with Gasteiger partial charge < -0.3 is 0 Å². The van der Waals surface area contributed by atoms with Crippen LogP contribution in [0.2, 0.25) is 0 Å². The maximum atomic E-state index is 11.4. The van der Waals surface area contributed by atoms with Crippen LogP contribution in [0.25, 0.3) is 0 Å². The van der Waals surface area contributed by atoms with Gasteiger partial charge in [0, 0.05) is 12.5 Å². The summed E-state index contributed by atoms with van der Waals surface area (Å²) >= 11 is 0. The van der Waals surface area contributed by atoms with Crippen molar-refractivity contribution in [1.82, 2.24) is 10.9 Å². The van der Waals surface area contributed by atoms with Crippen LogP contribution in [0.4, 0.5) is 0 Å². The van der Waals surface area contributed by atoms with Crippen molar-refractivity contribution in [1.29, 1.82) is 0 Å². The number of unbranched alkanes of at least 4 members (excludes halogenated alkanes) is 1. The monoisotopic (exact) mass is 198 g/mol. The fraction of sp³-hybridized carbons (Fsp3) is 0.727. The highest BCUT2D eigenvalue weighted by atomic mass is 16.2. The van der Waals surface area contributed by atoms with E-state index in [1.165, 1.54) is 0 Å². The Hall–Kier alpha value is -0.830. The molecule has 0 fully saturated rings. The normalized spacial score (nSPS) is 12.1. The minimum absolute atomic E-state index is 0.0884. The molecule has 0 aliphatic rings. The van der Waals surface area contributed by atoms with Gasteiger partial charge in [-0.1, -0.05) is 26.3 Å². The molecule has 0 saturated heterocycles. The first kappa shape index (κ1) is 13.2. The fourth-order valence-electron chi connectivity index (χ4n) is 1.17. The standard InChI is InChI=1S/C11H22N2O/c1-4-6-7-9-12-13-11(14)10(3)8-5-2/h4,10,12H,1,5-9H2,2-3H3,(H,13,14). The van der Waals surface area contributed by atoms with Gasteiger partial charge in [-0.05, 0) is 19.3 Å². The summed E-state index contributed by atoms with van der Waals surface area (Å²) in [4.78, 5) is 11.4. The number of hydrogen-bond acceptors (Lipinski definition) is 2. The van der Waals surface area contributed by atoms with E-state index in [9.17, 15) is 4.79 Å². The summed E-state index contributed by atoms with van der Waals surface area (Å²) in [7, 11) is 0. The molecule has 0 rings (SSSR count). The number of nitrogens with one attached hydrogen (secondary N) is 2. The fourth-order valence-corrected chi connectivity index (χ4v) is 1.17. The average Bonchev–Trinajstić information content (AvgIpc) is 2.17. The zero-order chi connectivity index (χ0) is 10.8. The van der Waals surface area contributed by atoms with E-state index < -0.39 is 0 Å². The molecule has 1 atom stereocenters.